The van der Waals surface area contributed by atoms with Crippen LogP contribution in [0.5, 0.6) is 0 Å². The average Bonchev–Trinajstić information content (AvgIpc) is 3.24. The second-order valence-electron chi connectivity index (χ2n) is 9.89. The van der Waals surface area contributed by atoms with Gasteiger partial charge in [0, 0.05) is 0 Å². The predicted octanol–water partition coefficient (Wildman–Crippen LogP) is -0.0960. The number of hydrogen-bond acceptors (Lipinski definition) is 4. The molecular formula is C23H40Cl2O4Si2Zr. The van der Waals surface area contributed by atoms with Crippen LogP contribution in [0.25, 0.3) is 0 Å². The zero-order valence-electron chi connectivity index (χ0n) is 20.9. The average molecular weight is 599 g/mol. The SMILES string of the molecule is C[C](C)=[Zr+2]([C]1=C(OCCO[Si](C)(C)C)C=CC1)[C]1=C(OCCO[Si](C)(C)C)C=CC1.[Cl-].[Cl-]. The van der Waals surface area contributed by atoms with Crippen LogP contribution in [0.3, 0.4) is 0 Å². The van der Waals surface area contributed by atoms with Crippen LogP contribution >= 0.6 is 0 Å². The van der Waals surface area contributed by atoms with Crippen molar-refractivity contribution in [2.24, 2.45) is 0 Å². The topological polar surface area (TPSA) is 36.9 Å². The number of allylic oxidation sites excluding steroid dienone is 6. The summed E-state index contributed by atoms with van der Waals surface area (Å²) in [5.74, 6) is 2.18. The van der Waals surface area contributed by atoms with E-state index in [2.05, 4.69) is 77.4 Å². The molecule has 182 valence electrons. The minimum Gasteiger partial charge on any atom is -1.00 e. The van der Waals surface area contributed by atoms with Crippen molar-refractivity contribution < 1.29 is 64.4 Å². The number of rotatable bonds is 12. The van der Waals surface area contributed by atoms with Gasteiger partial charge in [-0.05, 0) is 0 Å². The second-order valence-corrected chi connectivity index (χ2v) is 26.2. The second kappa shape index (κ2) is 14.6. The molecule has 0 bridgehead atoms. The first-order chi connectivity index (χ1) is 14.0. The van der Waals surface area contributed by atoms with Gasteiger partial charge in [-0.3, -0.25) is 0 Å². The van der Waals surface area contributed by atoms with Crippen molar-refractivity contribution in [2.45, 2.75) is 66.0 Å². The quantitative estimate of drug-likeness (QED) is 0.233. The molecule has 0 aromatic carbocycles. The van der Waals surface area contributed by atoms with Gasteiger partial charge in [-0.1, -0.05) is 0 Å². The van der Waals surface area contributed by atoms with Crippen molar-refractivity contribution in [3.05, 3.63) is 42.4 Å². The van der Waals surface area contributed by atoms with E-state index >= 15 is 0 Å². The van der Waals surface area contributed by atoms with E-state index in [0.29, 0.717) is 26.4 Å². The fraction of sp³-hybridized carbons (Fsp3) is 0.609. The van der Waals surface area contributed by atoms with E-state index in [9.17, 15) is 0 Å². The third-order valence-electron chi connectivity index (χ3n) is 4.63. The summed E-state index contributed by atoms with van der Waals surface area (Å²) in [6.07, 6.45) is 10.9. The number of ether oxygens (including phenoxy) is 2. The first kappa shape index (κ1) is 32.2. The molecule has 0 N–H and O–H groups in total. The van der Waals surface area contributed by atoms with Crippen LogP contribution < -0.4 is 24.8 Å². The molecule has 32 heavy (non-hydrogen) atoms. The van der Waals surface area contributed by atoms with Gasteiger partial charge in [-0.15, -0.1) is 0 Å². The summed E-state index contributed by atoms with van der Waals surface area (Å²) in [4.78, 5) is 0. The molecule has 0 saturated carbocycles. The normalized spacial score (nSPS) is 15.3. The van der Waals surface area contributed by atoms with Gasteiger partial charge in [-0.2, -0.15) is 0 Å². The van der Waals surface area contributed by atoms with E-state index in [1.54, 1.807) is 3.21 Å². The van der Waals surface area contributed by atoms with Crippen LogP contribution in [0.15, 0.2) is 42.4 Å². The summed E-state index contributed by atoms with van der Waals surface area (Å²) in [5.41, 5.74) is 0. The maximum atomic E-state index is 6.20. The zero-order chi connectivity index (χ0) is 22.4. The van der Waals surface area contributed by atoms with Crippen LogP contribution in [0, 0.1) is 0 Å². The maximum absolute atomic E-state index is 6.20. The Morgan fingerprint density at radius 3 is 1.41 bits per heavy atom. The molecule has 0 atom stereocenters. The molecule has 9 heteroatoms. The largest absolute Gasteiger partial charge is 1.00 e. The van der Waals surface area contributed by atoms with Crippen LogP contribution in [-0.2, 0) is 39.6 Å². The fourth-order valence-electron chi connectivity index (χ4n) is 3.48. The van der Waals surface area contributed by atoms with Crippen LogP contribution in [0.4, 0.5) is 0 Å². The fourth-order valence-corrected chi connectivity index (χ4v) is 12.3. The molecule has 4 nitrogen and oxygen atoms in total. The van der Waals surface area contributed by atoms with Crippen LogP contribution in [-0.4, -0.2) is 46.3 Å². The Kier molecular flexibility index (Phi) is 14.7. The van der Waals surface area contributed by atoms with E-state index in [1.807, 2.05) is 0 Å². The molecular weight excluding hydrogens is 559 g/mol. The summed E-state index contributed by atoms with van der Waals surface area (Å²) >= 11 is -2.17. The van der Waals surface area contributed by atoms with Gasteiger partial charge in [0.2, 0.25) is 0 Å². The molecule has 0 aromatic heterocycles. The van der Waals surface area contributed by atoms with Gasteiger partial charge >= 0.3 is 194 Å². The molecule has 0 aromatic rings. The summed E-state index contributed by atoms with van der Waals surface area (Å²) in [7, 11) is -2.99. The molecule has 0 spiro atoms. The molecule has 0 amide bonds. The smallest absolute Gasteiger partial charge is 1.00 e. The Morgan fingerprint density at radius 1 is 0.719 bits per heavy atom. The summed E-state index contributed by atoms with van der Waals surface area (Å²) in [6.45, 7) is 20.5. The van der Waals surface area contributed by atoms with Crippen molar-refractivity contribution in [2.75, 3.05) is 26.4 Å². The number of hydrogen-bond donors (Lipinski definition) is 0. The van der Waals surface area contributed by atoms with Crippen LogP contribution in [0.2, 0.25) is 39.3 Å². The van der Waals surface area contributed by atoms with Crippen molar-refractivity contribution >= 4 is 19.8 Å². The molecule has 0 radical (unpaired) electrons. The van der Waals surface area contributed by atoms with Gasteiger partial charge in [0.25, 0.3) is 0 Å². The molecule has 2 aliphatic rings. The first-order valence-electron chi connectivity index (χ1n) is 11.0. The van der Waals surface area contributed by atoms with E-state index in [1.165, 1.54) is 6.56 Å². The van der Waals surface area contributed by atoms with Crippen molar-refractivity contribution in [3.63, 3.8) is 0 Å². The van der Waals surface area contributed by atoms with Gasteiger partial charge < -0.3 is 24.8 Å². The van der Waals surface area contributed by atoms with Crippen molar-refractivity contribution in [1.29, 1.82) is 0 Å². The van der Waals surface area contributed by atoms with E-state index < -0.39 is 37.9 Å². The number of halogens is 2. The zero-order valence-corrected chi connectivity index (χ0v) is 26.9. The molecule has 0 aliphatic heterocycles. The molecule has 0 saturated heterocycles. The third kappa shape index (κ3) is 11.1. The van der Waals surface area contributed by atoms with Crippen molar-refractivity contribution in [1.82, 2.24) is 0 Å². The summed E-state index contributed by atoms with van der Waals surface area (Å²) < 4.78 is 28.9. The minimum absolute atomic E-state index is 0. The minimum atomic E-state index is -2.17. The van der Waals surface area contributed by atoms with E-state index in [4.69, 9.17) is 18.3 Å². The molecule has 2 aliphatic carbocycles. The summed E-state index contributed by atoms with van der Waals surface area (Å²) in [6, 6.07) is 0. The Balaban J connectivity index is 0.00000480. The van der Waals surface area contributed by atoms with Gasteiger partial charge in [0.15, 0.2) is 0 Å². The third-order valence-corrected chi connectivity index (χ3v) is 14.4. The van der Waals surface area contributed by atoms with E-state index in [-0.39, 0.29) is 24.8 Å². The van der Waals surface area contributed by atoms with Gasteiger partial charge in [-0.25, -0.2) is 0 Å². The van der Waals surface area contributed by atoms with Crippen molar-refractivity contribution in [3.8, 4) is 0 Å². The Morgan fingerprint density at radius 2 is 1.09 bits per heavy atom. The Bertz CT molecular complexity index is 714. The van der Waals surface area contributed by atoms with Crippen LogP contribution in [0.1, 0.15) is 26.7 Å². The first-order valence-corrected chi connectivity index (χ1v) is 21.5. The molecule has 0 unspecified atom stereocenters. The molecule has 2 rings (SSSR count). The maximum Gasteiger partial charge on any atom is -1.00 e. The monoisotopic (exact) mass is 596 g/mol. The Labute approximate surface area is 217 Å². The predicted molar refractivity (Wildman–Crippen MR) is 128 cm³/mol. The molecule has 0 heterocycles. The molecule has 0 fully saturated rings. The van der Waals surface area contributed by atoms with Gasteiger partial charge in [0.1, 0.15) is 0 Å². The Hall–Kier alpha value is 0.247. The van der Waals surface area contributed by atoms with Gasteiger partial charge in [0.05, 0.1) is 0 Å². The standard InChI is InChI=1S/2C10H17O2Si.C3H6.2ClH.Zr/c2*1-13(2,3)12-9-8-11-10-6-4-5-7-10;1-3-2;;;/h2*4,6H,5,8-9H2,1-3H3;1-2H3;2*1H;/q;;;;;+2/p-2. The van der Waals surface area contributed by atoms with E-state index in [0.717, 1.165) is 24.4 Å². The summed E-state index contributed by atoms with van der Waals surface area (Å²) in [5, 5.41) is 0.